The second kappa shape index (κ2) is 3.23. The molecule has 0 amide bonds. The van der Waals surface area contributed by atoms with Gasteiger partial charge in [0.05, 0.1) is 0 Å². The molecule has 2 unspecified atom stereocenters. The van der Waals surface area contributed by atoms with Gasteiger partial charge in [-0.25, -0.2) is 4.67 Å². The highest BCUT2D eigenvalue weighted by Gasteiger charge is 2.37. The average Bonchev–Trinajstić information content (AvgIpc) is 2.29. The fourth-order valence-corrected chi connectivity index (χ4v) is 5.19. The lowest BCUT2D eigenvalue weighted by Crippen LogP contribution is -2.09. The molecular weight excluding hydrogens is 177 g/mol. The third kappa shape index (κ3) is 1.64. The van der Waals surface area contributed by atoms with Crippen molar-refractivity contribution in [2.75, 3.05) is 26.0 Å². The number of rotatable bonds is 1. The predicted octanol–water partition coefficient (Wildman–Crippen LogP) is 1.74. The molecule has 0 spiro atoms. The summed E-state index contributed by atoms with van der Waals surface area (Å²) >= 11 is 1.45. The molecule has 2 atom stereocenters. The van der Waals surface area contributed by atoms with Gasteiger partial charge in [-0.3, -0.25) is 4.57 Å². The molecule has 0 bridgehead atoms. The van der Waals surface area contributed by atoms with E-state index in [2.05, 4.69) is 5.92 Å². The largest absolute Gasteiger partial charge is 0.295 e. The van der Waals surface area contributed by atoms with Crippen molar-refractivity contribution in [3.05, 3.63) is 0 Å². The van der Waals surface area contributed by atoms with Crippen LogP contribution in [0.5, 0.6) is 0 Å². The van der Waals surface area contributed by atoms with E-state index >= 15 is 0 Å². The Morgan fingerprint density at radius 1 is 1.82 bits per heavy atom. The van der Waals surface area contributed by atoms with Crippen LogP contribution in [0, 0.1) is 18.3 Å². The Bertz CT molecular complexity index is 235. The molecule has 1 aliphatic rings. The fourth-order valence-electron chi connectivity index (χ4n) is 1.24. The molecule has 1 fully saturated rings. The molecule has 4 heteroatoms. The first kappa shape index (κ1) is 9.19. The fraction of sp³-hybridized carbons (Fsp3) is 0.714. The summed E-state index contributed by atoms with van der Waals surface area (Å²) in [7, 11) is 1.88. The van der Waals surface area contributed by atoms with Crippen LogP contribution in [0.2, 0.25) is 0 Å². The molecule has 1 heterocycles. The second-order valence-corrected chi connectivity index (χ2v) is 8.20. The van der Waals surface area contributed by atoms with E-state index in [1.807, 2.05) is 18.0 Å². The van der Waals surface area contributed by atoms with Gasteiger partial charge < -0.3 is 0 Å². The van der Waals surface area contributed by atoms with Gasteiger partial charge in [-0.1, -0.05) is 11.4 Å². The lowest BCUT2D eigenvalue weighted by Gasteiger charge is -2.16. The van der Waals surface area contributed by atoms with Crippen molar-refractivity contribution < 1.29 is 4.57 Å². The predicted molar refractivity (Wildman–Crippen MR) is 50.9 cm³/mol. The molecule has 0 aromatic heterocycles. The first-order valence-electron chi connectivity index (χ1n) is 3.45. The molecule has 11 heavy (non-hydrogen) atoms. The van der Waals surface area contributed by atoms with E-state index in [1.165, 1.54) is 11.4 Å². The molecule has 1 aliphatic heterocycles. The van der Waals surface area contributed by atoms with Gasteiger partial charge in [-0.05, 0) is 13.3 Å². The zero-order valence-electron chi connectivity index (χ0n) is 6.78. The monoisotopic (exact) mass is 189 g/mol. The van der Waals surface area contributed by atoms with Crippen molar-refractivity contribution in [1.82, 2.24) is 4.67 Å². The third-order valence-electron chi connectivity index (χ3n) is 1.98. The lowest BCUT2D eigenvalue weighted by atomic mass is 10.2. The highest BCUT2D eigenvalue weighted by molar-refractivity contribution is 8.57. The third-order valence-corrected chi connectivity index (χ3v) is 7.65. The van der Waals surface area contributed by atoms with Gasteiger partial charge in [0.1, 0.15) is 0 Å². The minimum Gasteiger partial charge on any atom is -0.295 e. The maximum atomic E-state index is 11.9. The maximum absolute atomic E-state index is 11.9. The number of hydrogen-bond donors (Lipinski definition) is 0. The highest BCUT2D eigenvalue weighted by atomic mass is 32.7. The van der Waals surface area contributed by atoms with Crippen LogP contribution in [0.3, 0.4) is 0 Å². The molecule has 0 radical (unpaired) electrons. The number of terminal acetylenes is 1. The summed E-state index contributed by atoms with van der Waals surface area (Å²) in [4.78, 5) is 0. The second-order valence-electron chi connectivity index (χ2n) is 2.71. The summed E-state index contributed by atoms with van der Waals surface area (Å²) < 4.78 is 13.8. The molecule has 0 aromatic rings. The number of nitrogens with zero attached hydrogens (tertiary/aromatic N) is 1. The van der Waals surface area contributed by atoms with E-state index in [1.54, 1.807) is 0 Å². The van der Waals surface area contributed by atoms with Gasteiger partial charge in [0.15, 0.2) is 0 Å². The Kier molecular flexibility index (Phi) is 2.70. The Morgan fingerprint density at radius 2 is 2.45 bits per heavy atom. The first-order chi connectivity index (χ1) is 5.12. The van der Waals surface area contributed by atoms with Gasteiger partial charge >= 0.3 is 0 Å². The SMILES string of the molecule is C#CC1CN(C)P(=O)(SC)C1. The summed E-state index contributed by atoms with van der Waals surface area (Å²) in [5.74, 6) is 2.85. The molecule has 0 aromatic carbocycles. The molecule has 2 nitrogen and oxygen atoms in total. The van der Waals surface area contributed by atoms with E-state index in [-0.39, 0.29) is 5.92 Å². The van der Waals surface area contributed by atoms with Crippen LogP contribution < -0.4 is 0 Å². The minimum atomic E-state index is -2.11. The first-order valence-corrected chi connectivity index (χ1v) is 7.12. The molecular formula is C7H12NOPS. The van der Waals surface area contributed by atoms with E-state index in [0.29, 0.717) is 6.16 Å². The van der Waals surface area contributed by atoms with Crippen LogP contribution >= 0.6 is 17.9 Å². The summed E-state index contributed by atoms with van der Waals surface area (Å²) in [5.41, 5.74) is 0. The zero-order chi connectivity index (χ0) is 8.48. The molecule has 0 N–H and O–H groups in total. The van der Waals surface area contributed by atoms with Gasteiger partial charge in [0, 0.05) is 18.6 Å². The van der Waals surface area contributed by atoms with E-state index in [4.69, 9.17) is 6.42 Å². The van der Waals surface area contributed by atoms with Crippen molar-refractivity contribution in [2.45, 2.75) is 0 Å². The maximum Gasteiger partial charge on any atom is 0.204 e. The minimum absolute atomic E-state index is 0.193. The van der Waals surface area contributed by atoms with Crippen molar-refractivity contribution >= 4 is 17.9 Å². The zero-order valence-corrected chi connectivity index (χ0v) is 8.49. The van der Waals surface area contributed by atoms with Gasteiger partial charge in [0.2, 0.25) is 6.49 Å². The molecule has 1 rings (SSSR count). The molecule has 62 valence electrons. The molecule has 1 saturated heterocycles. The lowest BCUT2D eigenvalue weighted by molar-refractivity contribution is 0.500. The van der Waals surface area contributed by atoms with Crippen LogP contribution in [0.25, 0.3) is 0 Å². The van der Waals surface area contributed by atoms with Gasteiger partial charge in [-0.15, -0.1) is 12.3 Å². The summed E-state index contributed by atoms with van der Waals surface area (Å²) in [6, 6.07) is 0. The van der Waals surface area contributed by atoms with Crippen molar-refractivity contribution in [3.8, 4) is 12.3 Å². The van der Waals surface area contributed by atoms with Crippen LogP contribution in [-0.2, 0) is 4.57 Å². The Morgan fingerprint density at radius 3 is 2.73 bits per heavy atom. The quantitative estimate of drug-likeness (QED) is 0.463. The summed E-state index contributed by atoms with van der Waals surface area (Å²) in [6.45, 7) is -1.32. The standard InChI is InChI=1S/C7H12NOPS/c1-4-7-5-8(2)10(9,6-7)11-3/h1,7H,5-6H2,2-3H3. The van der Waals surface area contributed by atoms with E-state index < -0.39 is 6.49 Å². The van der Waals surface area contributed by atoms with Gasteiger partial charge in [-0.2, -0.15) is 0 Å². The smallest absolute Gasteiger partial charge is 0.204 e. The van der Waals surface area contributed by atoms with Crippen molar-refractivity contribution in [3.63, 3.8) is 0 Å². The van der Waals surface area contributed by atoms with Crippen LogP contribution in [0.1, 0.15) is 0 Å². The average molecular weight is 189 g/mol. The highest BCUT2D eigenvalue weighted by Crippen LogP contribution is 2.64. The van der Waals surface area contributed by atoms with E-state index in [9.17, 15) is 4.57 Å². The van der Waals surface area contributed by atoms with E-state index in [0.717, 1.165) is 6.54 Å². The Balaban J connectivity index is 2.75. The summed E-state index contributed by atoms with van der Waals surface area (Å²) in [5, 5.41) is 0. The molecule has 0 saturated carbocycles. The van der Waals surface area contributed by atoms with Crippen LogP contribution in [-0.4, -0.2) is 30.7 Å². The van der Waals surface area contributed by atoms with Crippen molar-refractivity contribution in [2.24, 2.45) is 5.92 Å². The van der Waals surface area contributed by atoms with Gasteiger partial charge in [0.25, 0.3) is 0 Å². The topological polar surface area (TPSA) is 20.3 Å². The van der Waals surface area contributed by atoms with Crippen molar-refractivity contribution in [1.29, 1.82) is 0 Å². The summed E-state index contributed by atoms with van der Waals surface area (Å²) in [6.07, 6.45) is 7.83. The number of hydrogen-bond acceptors (Lipinski definition) is 2. The Hall–Kier alpha value is 0.100. The molecule has 0 aliphatic carbocycles. The Labute approximate surface area is 71.9 Å². The normalized spacial score (nSPS) is 38.8. The van der Waals surface area contributed by atoms with Crippen LogP contribution in [0.4, 0.5) is 0 Å². The van der Waals surface area contributed by atoms with Crippen LogP contribution in [0.15, 0.2) is 0 Å².